The molecule has 2 fully saturated rings. The molecule has 0 spiro atoms. The molecule has 2 saturated heterocycles. The summed E-state index contributed by atoms with van der Waals surface area (Å²) in [7, 11) is -3.20. The normalized spacial score (nSPS) is 36.5. The molecule has 2 rings (SSSR count). The van der Waals surface area contributed by atoms with Gasteiger partial charge in [0.05, 0.1) is 18.0 Å². The van der Waals surface area contributed by atoms with E-state index in [9.17, 15) is 8.42 Å². The van der Waals surface area contributed by atoms with Crippen LogP contribution in [0, 0.1) is 0 Å². The summed E-state index contributed by atoms with van der Waals surface area (Å²) in [6.07, 6.45) is 2.19. The smallest absolute Gasteiger partial charge is 0.162 e. The molecule has 2 heterocycles. The third kappa shape index (κ3) is 3.29. The van der Waals surface area contributed by atoms with Crippen LogP contribution in [0.25, 0.3) is 0 Å². The maximum atomic E-state index is 12.8. The summed E-state index contributed by atoms with van der Waals surface area (Å²) in [5, 5.41) is 2.57. The largest absolute Gasteiger partial charge is 0.380 e. The van der Waals surface area contributed by atoms with E-state index in [2.05, 4.69) is 12.2 Å². The molecule has 6 heteroatoms. The van der Waals surface area contributed by atoms with E-state index in [1.807, 2.05) is 6.92 Å². The van der Waals surface area contributed by atoms with Crippen LogP contribution < -0.4 is 5.32 Å². The van der Waals surface area contributed by atoms with Crippen LogP contribution in [0.2, 0.25) is 0 Å². The Morgan fingerprint density at radius 3 is 2.63 bits per heavy atom. The van der Waals surface area contributed by atoms with Crippen molar-refractivity contribution in [3.05, 3.63) is 0 Å². The minimum atomic E-state index is -3.20. The van der Waals surface area contributed by atoms with Crippen molar-refractivity contribution in [3.8, 4) is 0 Å². The lowest BCUT2D eigenvalue weighted by Crippen LogP contribution is -2.53. The zero-order valence-corrected chi connectivity index (χ0v) is 12.6. The van der Waals surface area contributed by atoms with Crippen molar-refractivity contribution < 1.29 is 17.9 Å². The number of sulfone groups is 1. The van der Waals surface area contributed by atoms with Crippen molar-refractivity contribution in [2.75, 3.05) is 26.4 Å². The molecular weight excluding hydrogens is 266 g/mol. The maximum Gasteiger partial charge on any atom is 0.162 e. The minimum absolute atomic E-state index is 0.0199. The molecule has 5 nitrogen and oxygen atoms in total. The summed E-state index contributed by atoms with van der Waals surface area (Å²) in [6, 6.07) is 0.0199. The van der Waals surface area contributed by atoms with Gasteiger partial charge >= 0.3 is 0 Å². The zero-order chi connectivity index (χ0) is 13.9. The van der Waals surface area contributed by atoms with Gasteiger partial charge in [-0.15, -0.1) is 0 Å². The molecule has 4 unspecified atom stereocenters. The lowest BCUT2D eigenvalue weighted by Gasteiger charge is -2.34. The molecule has 0 aromatic heterocycles. The molecule has 1 N–H and O–H groups in total. The Labute approximate surface area is 116 Å². The molecule has 2 aliphatic rings. The summed E-state index contributed by atoms with van der Waals surface area (Å²) in [6.45, 7) is 6.30. The van der Waals surface area contributed by atoms with Crippen molar-refractivity contribution in [2.24, 2.45) is 0 Å². The lowest BCUT2D eigenvalue weighted by atomic mass is 10.1. The van der Waals surface area contributed by atoms with Gasteiger partial charge in [0, 0.05) is 19.3 Å². The maximum absolute atomic E-state index is 12.8. The summed E-state index contributed by atoms with van der Waals surface area (Å²) in [5.41, 5.74) is 0. The molecule has 19 heavy (non-hydrogen) atoms. The third-order valence-electron chi connectivity index (χ3n) is 4.11. The molecule has 2 aliphatic heterocycles. The average Bonchev–Trinajstić information content (AvgIpc) is 2.83. The highest BCUT2D eigenvalue weighted by Gasteiger charge is 2.44. The van der Waals surface area contributed by atoms with E-state index in [0.29, 0.717) is 26.2 Å². The van der Waals surface area contributed by atoms with E-state index in [1.165, 1.54) is 0 Å². The second-order valence-corrected chi connectivity index (χ2v) is 7.84. The number of hydrogen-bond donors (Lipinski definition) is 1. The average molecular weight is 291 g/mol. The first-order valence-electron chi connectivity index (χ1n) is 7.22. The van der Waals surface area contributed by atoms with Crippen molar-refractivity contribution in [1.29, 1.82) is 0 Å². The van der Waals surface area contributed by atoms with Gasteiger partial charge in [0.1, 0.15) is 5.25 Å². The van der Waals surface area contributed by atoms with Crippen LogP contribution in [0.4, 0.5) is 0 Å². The first-order valence-corrected chi connectivity index (χ1v) is 8.83. The first-order chi connectivity index (χ1) is 9.07. The number of hydrogen-bond acceptors (Lipinski definition) is 5. The van der Waals surface area contributed by atoms with Gasteiger partial charge in [-0.05, 0) is 32.7 Å². The fourth-order valence-corrected chi connectivity index (χ4v) is 5.43. The standard InChI is InChI=1S/C13H25NO4S/c1-3-6-14-11-4-7-17-9-13(11)19(15,16)12-5-8-18-10(12)2/h10-14H,3-9H2,1-2H3. The van der Waals surface area contributed by atoms with E-state index in [1.54, 1.807) is 0 Å². The van der Waals surface area contributed by atoms with Gasteiger partial charge in [-0.25, -0.2) is 8.42 Å². The predicted molar refractivity (Wildman–Crippen MR) is 74.0 cm³/mol. The highest BCUT2D eigenvalue weighted by molar-refractivity contribution is 7.92. The van der Waals surface area contributed by atoms with E-state index in [4.69, 9.17) is 9.47 Å². The predicted octanol–water partition coefficient (Wildman–Crippen LogP) is 0.736. The highest BCUT2D eigenvalue weighted by atomic mass is 32.2. The number of ether oxygens (including phenoxy) is 2. The summed E-state index contributed by atoms with van der Waals surface area (Å²) >= 11 is 0. The fraction of sp³-hybridized carbons (Fsp3) is 1.00. The zero-order valence-electron chi connectivity index (χ0n) is 11.8. The topological polar surface area (TPSA) is 64.6 Å². The van der Waals surface area contributed by atoms with Gasteiger partial charge in [0.25, 0.3) is 0 Å². The second-order valence-electron chi connectivity index (χ2n) is 5.45. The summed E-state index contributed by atoms with van der Waals surface area (Å²) < 4.78 is 36.4. The van der Waals surface area contributed by atoms with Crippen LogP contribution in [-0.2, 0) is 19.3 Å². The van der Waals surface area contributed by atoms with Crippen molar-refractivity contribution in [1.82, 2.24) is 5.32 Å². The van der Waals surface area contributed by atoms with Gasteiger partial charge in [0.2, 0.25) is 0 Å². The Morgan fingerprint density at radius 1 is 1.21 bits per heavy atom. The molecule has 0 bridgehead atoms. The Hall–Kier alpha value is -0.170. The van der Waals surface area contributed by atoms with Crippen LogP contribution in [0.1, 0.15) is 33.1 Å². The molecule has 4 atom stereocenters. The van der Waals surface area contributed by atoms with Gasteiger partial charge in [-0.1, -0.05) is 6.92 Å². The molecule has 0 aromatic carbocycles. The molecular formula is C13H25NO4S. The summed E-state index contributed by atoms with van der Waals surface area (Å²) in [4.78, 5) is 0. The van der Waals surface area contributed by atoms with Crippen molar-refractivity contribution in [2.45, 2.75) is 55.8 Å². The van der Waals surface area contributed by atoms with E-state index >= 15 is 0 Å². The highest BCUT2D eigenvalue weighted by Crippen LogP contribution is 2.28. The van der Waals surface area contributed by atoms with Crippen LogP contribution in [0.3, 0.4) is 0 Å². The van der Waals surface area contributed by atoms with E-state index in [-0.39, 0.29) is 17.4 Å². The molecule has 0 aliphatic carbocycles. The van der Waals surface area contributed by atoms with Crippen molar-refractivity contribution >= 4 is 9.84 Å². The van der Waals surface area contributed by atoms with Gasteiger partial charge in [-0.2, -0.15) is 0 Å². The van der Waals surface area contributed by atoms with Crippen molar-refractivity contribution in [3.63, 3.8) is 0 Å². The summed E-state index contributed by atoms with van der Waals surface area (Å²) in [5.74, 6) is 0. The molecule has 112 valence electrons. The Kier molecular flexibility index (Phi) is 5.22. The van der Waals surface area contributed by atoms with Crippen LogP contribution in [-0.4, -0.2) is 57.4 Å². The second kappa shape index (κ2) is 6.52. The van der Waals surface area contributed by atoms with E-state index in [0.717, 1.165) is 19.4 Å². The van der Waals surface area contributed by atoms with Crippen LogP contribution in [0.15, 0.2) is 0 Å². The number of nitrogens with one attached hydrogen (secondary N) is 1. The van der Waals surface area contributed by atoms with Gasteiger partial charge in [-0.3, -0.25) is 0 Å². The van der Waals surface area contributed by atoms with Crippen LogP contribution >= 0.6 is 0 Å². The SMILES string of the molecule is CCCNC1CCOCC1S(=O)(=O)C1CCOC1C. The Bertz CT molecular complexity index is 384. The molecule has 0 saturated carbocycles. The Morgan fingerprint density at radius 2 is 2.00 bits per heavy atom. The molecule has 0 radical (unpaired) electrons. The van der Waals surface area contributed by atoms with Crippen LogP contribution in [0.5, 0.6) is 0 Å². The quantitative estimate of drug-likeness (QED) is 0.809. The van der Waals surface area contributed by atoms with E-state index < -0.39 is 15.1 Å². The molecule has 0 aromatic rings. The fourth-order valence-electron chi connectivity index (χ4n) is 2.97. The lowest BCUT2D eigenvalue weighted by molar-refractivity contribution is 0.0799. The Balaban J connectivity index is 2.11. The van der Waals surface area contributed by atoms with Gasteiger partial charge in [0.15, 0.2) is 9.84 Å². The monoisotopic (exact) mass is 291 g/mol. The van der Waals surface area contributed by atoms with Gasteiger partial charge < -0.3 is 14.8 Å². The third-order valence-corrected chi connectivity index (χ3v) is 6.88. The molecule has 0 amide bonds. The first kappa shape index (κ1) is 15.2. The number of rotatable bonds is 5. The minimum Gasteiger partial charge on any atom is -0.380 e.